The zero-order valence-corrected chi connectivity index (χ0v) is 10.8. The van der Waals surface area contributed by atoms with Gasteiger partial charge in [0.1, 0.15) is 0 Å². The monoisotopic (exact) mass is 196 g/mol. The highest BCUT2D eigenvalue weighted by Gasteiger charge is 2.44. The molecule has 0 heteroatoms. The van der Waals surface area contributed by atoms with E-state index in [1.54, 1.807) is 0 Å². The molecule has 1 aliphatic rings. The summed E-state index contributed by atoms with van der Waals surface area (Å²) in [5.41, 5.74) is 1.21. The van der Waals surface area contributed by atoms with E-state index in [4.69, 9.17) is 0 Å². The predicted octanol–water partition coefficient (Wildman–Crippen LogP) is 5.03. The van der Waals surface area contributed by atoms with Gasteiger partial charge in [0, 0.05) is 0 Å². The van der Waals surface area contributed by atoms with Crippen molar-refractivity contribution in [1.29, 1.82) is 0 Å². The summed E-state index contributed by atoms with van der Waals surface area (Å²) in [7, 11) is 0. The second kappa shape index (κ2) is 4.24. The van der Waals surface area contributed by atoms with E-state index in [1.807, 2.05) is 0 Å². The van der Waals surface area contributed by atoms with E-state index in [0.29, 0.717) is 10.8 Å². The summed E-state index contributed by atoms with van der Waals surface area (Å²) in [6.45, 7) is 12.2. The standard InChI is InChI=1S/C14H28/c1-6-13(4,11-12(2)3)14(5)9-7-8-10-14/h12H,6-11H2,1-5H3. The highest BCUT2D eigenvalue weighted by molar-refractivity contribution is 4.95. The fraction of sp³-hybridized carbons (Fsp3) is 1.00. The van der Waals surface area contributed by atoms with Gasteiger partial charge >= 0.3 is 0 Å². The largest absolute Gasteiger partial charge is 0.0648 e. The van der Waals surface area contributed by atoms with Crippen LogP contribution >= 0.6 is 0 Å². The van der Waals surface area contributed by atoms with Crippen LogP contribution in [-0.2, 0) is 0 Å². The molecule has 1 rings (SSSR count). The Bertz CT molecular complexity index is 174. The van der Waals surface area contributed by atoms with Crippen LogP contribution in [0.3, 0.4) is 0 Å². The van der Waals surface area contributed by atoms with E-state index in [9.17, 15) is 0 Å². The van der Waals surface area contributed by atoms with Gasteiger partial charge in [0.15, 0.2) is 0 Å². The van der Waals surface area contributed by atoms with Gasteiger partial charge in [-0.1, -0.05) is 53.9 Å². The summed E-state index contributed by atoms with van der Waals surface area (Å²) >= 11 is 0. The maximum Gasteiger partial charge on any atom is -0.0272 e. The topological polar surface area (TPSA) is 0 Å². The smallest absolute Gasteiger partial charge is 0.0272 e. The van der Waals surface area contributed by atoms with Crippen LogP contribution in [0.15, 0.2) is 0 Å². The minimum absolute atomic E-state index is 0.581. The molecule has 0 aromatic rings. The zero-order valence-electron chi connectivity index (χ0n) is 10.8. The summed E-state index contributed by atoms with van der Waals surface area (Å²) in [6.07, 6.45) is 8.60. The molecular weight excluding hydrogens is 168 g/mol. The van der Waals surface area contributed by atoms with Crippen molar-refractivity contribution < 1.29 is 0 Å². The summed E-state index contributed by atoms with van der Waals surface area (Å²) in [6, 6.07) is 0. The summed E-state index contributed by atoms with van der Waals surface area (Å²) in [4.78, 5) is 0. The highest BCUT2D eigenvalue weighted by Crippen LogP contribution is 2.55. The Labute approximate surface area is 90.5 Å². The average Bonchev–Trinajstić information content (AvgIpc) is 2.52. The predicted molar refractivity (Wildman–Crippen MR) is 64.4 cm³/mol. The fourth-order valence-electron chi connectivity index (χ4n) is 3.48. The van der Waals surface area contributed by atoms with Gasteiger partial charge in [-0.05, 0) is 36.0 Å². The first kappa shape index (κ1) is 12.1. The maximum atomic E-state index is 2.53. The molecule has 0 nitrogen and oxygen atoms in total. The Morgan fingerprint density at radius 3 is 2.07 bits per heavy atom. The van der Waals surface area contributed by atoms with Crippen molar-refractivity contribution in [3.63, 3.8) is 0 Å². The van der Waals surface area contributed by atoms with Gasteiger partial charge in [0.25, 0.3) is 0 Å². The lowest BCUT2D eigenvalue weighted by molar-refractivity contribution is 0.0466. The Hall–Kier alpha value is 0. The lowest BCUT2D eigenvalue weighted by atomic mass is 9.60. The molecule has 84 valence electrons. The van der Waals surface area contributed by atoms with Gasteiger partial charge in [0.2, 0.25) is 0 Å². The first-order valence-electron chi connectivity index (χ1n) is 6.43. The van der Waals surface area contributed by atoms with Gasteiger partial charge in [-0.15, -0.1) is 0 Å². The molecule has 0 heterocycles. The molecule has 1 saturated carbocycles. The van der Waals surface area contributed by atoms with Gasteiger partial charge in [0.05, 0.1) is 0 Å². The summed E-state index contributed by atoms with van der Waals surface area (Å²) in [5, 5.41) is 0. The first-order chi connectivity index (χ1) is 6.43. The molecule has 1 unspecified atom stereocenters. The number of rotatable bonds is 4. The molecule has 0 aromatic heterocycles. The second-order valence-corrected chi connectivity index (χ2v) is 6.28. The Morgan fingerprint density at radius 1 is 1.21 bits per heavy atom. The molecule has 1 atom stereocenters. The van der Waals surface area contributed by atoms with Crippen LogP contribution in [0, 0.1) is 16.7 Å². The van der Waals surface area contributed by atoms with Gasteiger partial charge in [-0.3, -0.25) is 0 Å². The Kier molecular flexibility index (Phi) is 3.66. The van der Waals surface area contributed by atoms with Crippen molar-refractivity contribution in [3.05, 3.63) is 0 Å². The third-order valence-corrected chi connectivity index (χ3v) is 4.80. The molecule has 0 N–H and O–H groups in total. The third-order valence-electron chi connectivity index (χ3n) is 4.80. The van der Waals surface area contributed by atoms with Crippen molar-refractivity contribution >= 4 is 0 Å². The normalized spacial score (nSPS) is 25.3. The minimum Gasteiger partial charge on any atom is -0.0648 e. The lowest BCUT2D eigenvalue weighted by Gasteiger charge is -2.45. The summed E-state index contributed by atoms with van der Waals surface area (Å²) < 4.78 is 0. The van der Waals surface area contributed by atoms with E-state index in [1.165, 1.54) is 38.5 Å². The number of hydrogen-bond acceptors (Lipinski definition) is 0. The fourth-order valence-corrected chi connectivity index (χ4v) is 3.48. The molecule has 0 aliphatic heterocycles. The van der Waals surface area contributed by atoms with Crippen molar-refractivity contribution in [2.45, 2.75) is 73.1 Å². The van der Waals surface area contributed by atoms with E-state index in [-0.39, 0.29) is 0 Å². The molecular formula is C14H28. The van der Waals surface area contributed by atoms with Crippen LogP contribution in [0.2, 0.25) is 0 Å². The van der Waals surface area contributed by atoms with Crippen molar-refractivity contribution in [3.8, 4) is 0 Å². The van der Waals surface area contributed by atoms with Crippen LogP contribution in [0.1, 0.15) is 73.1 Å². The van der Waals surface area contributed by atoms with Crippen LogP contribution in [0.5, 0.6) is 0 Å². The van der Waals surface area contributed by atoms with Crippen LogP contribution in [0.4, 0.5) is 0 Å². The van der Waals surface area contributed by atoms with Crippen LogP contribution in [-0.4, -0.2) is 0 Å². The third kappa shape index (κ3) is 2.15. The molecule has 1 aliphatic carbocycles. The highest BCUT2D eigenvalue weighted by atomic mass is 14.5. The molecule has 0 aromatic carbocycles. The molecule has 14 heavy (non-hydrogen) atoms. The molecule has 1 fully saturated rings. The maximum absolute atomic E-state index is 2.53. The SMILES string of the molecule is CCC(C)(CC(C)C)C1(C)CCCC1. The quantitative estimate of drug-likeness (QED) is 0.591. The molecule has 0 saturated heterocycles. The lowest BCUT2D eigenvalue weighted by Crippen LogP contribution is -2.36. The van der Waals surface area contributed by atoms with Gasteiger partial charge in [-0.2, -0.15) is 0 Å². The van der Waals surface area contributed by atoms with E-state index in [2.05, 4.69) is 34.6 Å². The van der Waals surface area contributed by atoms with E-state index < -0.39 is 0 Å². The van der Waals surface area contributed by atoms with Crippen molar-refractivity contribution in [2.24, 2.45) is 16.7 Å². The Morgan fingerprint density at radius 2 is 1.71 bits per heavy atom. The van der Waals surface area contributed by atoms with Gasteiger partial charge in [-0.25, -0.2) is 0 Å². The molecule has 0 bridgehead atoms. The Balaban J connectivity index is 2.76. The van der Waals surface area contributed by atoms with E-state index in [0.717, 1.165) is 5.92 Å². The molecule has 0 amide bonds. The first-order valence-corrected chi connectivity index (χ1v) is 6.43. The van der Waals surface area contributed by atoms with Crippen LogP contribution < -0.4 is 0 Å². The van der Waals surface area contributed by atoms with Crippen molar-refractivity contribution in [1.82, 2.24) is 0 Å². The minimum atomic E-state index is 0.581. The van der Waals surface area contributed by atoms with E-state index >= 15 is 0 Å². The second-order valence-electron chi connectivity index (χ2n) is 6.28. The molecule has 0 spiro atoms. The van der Waals surface area contributed by atoms with Crippen LogP contribution in [0.25, 0.3) is 0 Å². The van der Waals surface area contributed by atoms with Crippen molar-refractivity contribution in [2.75, 3.05) is 0 Å². The average molecular weight is 196 g/mol. The number of hydrogen-bond donors (Lipinski definition) is 0. The zero-order chi connectivity index (χ0) is 10.8. The molecule has 0 radical (unpaired) electrons. The van der Waals surface area contributed by atoms with Gasteiger partial charge < -0.3 is 0 Å². The summed E-state index contributed by atoms with van der Waals surface area (Å²) in [5.74, 6) is 0.845.